The van der Waals surface area contributed by atoms with E-state index in [2.05, 4.69) is 276 Å². The summed E-state index contributed by atoms with van der Waals surface area (Å²) in [5.74, 6) is 0. The van der Waals surface area contributed by atoms with Gasteiger partial charge in [0.25, 0.3) is 0 Å². The standard InChI is InChI=1S/C64H44N2/c1-3-13-45(14-4-1)47-25-27-49(28-26-47)50-33-38-56(39-34-50)65(58-20-11-18-54(43-58)51-31-29-48(30-32-51)46-15-5-2-6-16-46)57-40-35-52(36-41-57)55-19-12-21-59(44-55)66-63-24-10-9-23-61(63)62-42-37-53-17-7-8-22-60(53)64(62)66/h1-44H. The number of fused-ring (bicyclic) bond motifs is 5. The Labute approximate surface area is 385 Å². The first-order valence-electron chi connectivity index (χ1n) is 22.7. The molecular formula is C64H44N2. The number of benzene rings is 11. The molecule has 0 saturated heterocycles. The Morgan fingerprint density at radius 1 is 0.242 bits per heavy atom. The molecule has 0 N–H and O–H groups in total. The fourth-order valence-electron chi connectivity index (χ4n) is 9.67. The summed E-state index contributed by atoms with van der Waals surface area (Å²) in [5, 5.41) is 5.02. The van der Waals surface area contributed by atoms with E-state index < -0.39 is 0 Å². The minimum atomic E-state index is 1.08. The van der Waals surface area contributed by atoms with Crippen LogP contribution in [-0.4, -0.2) is 4.57 Å². The quantitative estimate of drug-likeness (QED) is 0.141. The maximum Gasteiger partial charge on any atom is 0.0619 e. The van der Waals surface area contributed by atoms with E-state index in [1.54, 1.807) is 0 Å². The third-order valence-corrected chi connectivity index (χ3v) is 13.0. The molecule has 1 heterocycles. The number of rotatable bonds is 9. The van der Waals surface area contributed by atoms with Gasteiger partial charge in [-0.05, 0) is 116 Å². The molecule has 0 atom stereocenters. The molecule has 1 aromatic heterocycles. The van der Waals surface area contributed by atoms with Crippen molar-refractivity contribution in [3.05, 3.63) is 267 Å². The lowest BCUT2D eigenvalue weighted by molar-refractivity contribution is 1.19. The first kappa shape index (κ1) is 38.9. The second-order valence-corrected chi connectivity index (χ2v) is 17.0. The van der Waals surface area contributed by atoms with Gasteiger partial charge in [-0.2, -0.15) is 0 Å². The molecule has 2 heteroatoms. The van der Waals surface area contributed by atoms with Crippen LogP contribution in [0.2, 0.25) is 0 Å². The monoisotopic (exact) mass is 840 g/mol. The van der Waals surface area contributed by atoms with Crippen molar-refractivity contribution in [1.29, 1.82) is 0 Å². The first-order valence-corrected chi connectivity index (χ1v) is 22.7. The van der Waals surface area contributed by atoms with Gasteiger partial charge in [0.15, 0.2) is 0 Å². The Balaban J connectivity index is 0.914. The van der Waals surface area contributed by atoms with Gasteiger partial charge in [0.2, 0.25) is 0 Å². The second kappa shape index (κ2) is 16.8. The largest absolute Gasteiger partial charge is 0.310 e. The third kappa shape index (κ3) is 7.21. The topological polar surface area (TPSA) is 8.17 Å². The van der Waals surface area contributed by atoms with Crippen molar-refractivity contribution in [2.75, 3.05) is 4.90 Å². The predicted molar refractivity (Wildman–Crippen MR) is 280 cm³/mol. The summed E-state index contributed by atoms with van der Waals surface area (Å²) in [6.45, 7) is 0. The van der Waals surface area contributed by atoms with Crippen LogP contribution < -0.4 is 4.90 Å². The van der Waals surface area contributed by atoms with E-state index in [-0.39, 0.29) is 0 Å². The summed E-state index contributed by atoms with van der Waals surface area (Å²) < 4.78 is 2.44. The molecule has 0 radical (unpaired) electrons. The van der Waals surface area contributed by atoms with E-state index in [9.17, 15) is 0 Å². The normalized spacial score (nSPS) is 11.3. The lowest BCUT2D eigenvalue weighted by Gasteiger charge is -2.26. The molecule has 0 saturated carbocycles. The highest BCUT2D eigenvalue weighted by Crippen LogP contribution is 2.41. The molecule has 2 nitrogen and oxygen atoms in total. The Morgan fingerprint density at radius 3 is 1.24 bits per heavy atom. The molecule has 66 heavy (non-hydrogen) atoms. The maximum atomic E-state index is 2.44. The Kier molecular flexibility index (Phi) is 9.89. The summed E-state index contributed by atoms with van der Waals surface area (Å²) in [4.78, 5) is 2.37. The van der Waals surface area contributed by atoms with Gasteiger partial charge in [0.05, 0.1) is 11.0 Å². The Hall–Kier alpha value is -8.72. The number of hydrogen-bond donors (Lipinski definition) is 0. The van der Waals surface area contributed by atoms with Gasteiger partial charge in [-0.3, -0.25) is 0 Å². The summed E-state index contributed by atoms with van der Waals surface area (Å²) in [6.07, 6.45) is 0. The Morgan fingerprint density at radius 2 is 0.667 bits per heavy atom. The molecular weight excluding hydrogens is 797 g/mol. The van der Waals surface area contributed by atoms with Gasteiger partial charge < -0.3 is 9.47 Å². The third-order valence-electron chi connectivity index (χ3n) is 13.0. The fraction of sp³-hybridized carbons (Fsp3) is 0. The Bertz CT molecular complexity index is 3640. The van der Waals surface area contributed by atoms with Gasteiger partial charge >= 0.3 is 0 Å². The van der Waals surface area contributed by atoms with Crippen LogP contribution in [0.3, 0.4) is 0 Å². The molecule has 0 aliphatic carbocycles. The fourth-order valence-corrected chi connectivity index (χ4v) is 9.67. The van der Waals surface area contributed by atoms with Crippen LogP contribution in [0.25, 0.3) is 93.9 Å². The lowest BCUT2D eigenvalue weighted by atomic mass is 9.99. The second-order valence-electron chi connectivity index (χ2n) is 17.0. The molecule has 0 fully saturated rings. The maximum absolute atomic E-state index is 2.44. The van der Waals surface area contributed by atoms with Crippen molar-refractivity contribution >= 4 is 49.6 Å². The van der Waals surface area contributed by atoms with Crippen LogP contribution in [0.5, 0.6) is 0 Å². The van der Waals surface area contributed by atoms with Gasteiger partial charge in [-0.15, -0.1) is 0 Å². The number of para-hydroxylation sites is 1. The highest BCUT2D eigenvalue weighted by Gasteiger charge is 2.17. The minimum Gasteiger partial charge on any atom is -0.310 e. The summed E-state index contributed by atoms with van der Waals surface area (Å²) in [5.41, 5.74) is 18.7. The van der Waals surface area contributed by atoms with Crippen LogP contribution in [0, 0.1) is 0 Å². The van der Waals surface area contributed by atoms with Crippen LogP contribution >= 0.6 is 0 Å². The average molecular weight is 841 g/mol. The smallest absolute Gasteiger partial charge is 0.0619 e. The van der Waals surface area contributed by atoms with Gasteiger partial charge in [0, 0.05) is 38.9 Å². The van der Waals surface area contributed by atoms with Crippen molar-refractivity contribution in [2.45, 2.75) is 0 Å². The van der Waals surface area contributed by atoms with Crippen LogP contribution in [0.1, 0.15) is 0 Å². The SMILES string of the molecule is c1ccc(-c2ccc(-c3ccc(N(c4ccc(-c5cccc(-n6c7ccccc7c7ccc8ccccc8c76)c5)cc4)c4cccc(-c5ccc(-c6ccccc6)cc5)c4)cc3)cc2)cc1. The molecule has 310 valence electrons. The zero-order valence-corrected chi connectivity index (χ0v) is 36.3. The van der Waals surface area contributed by atoms with Crippen molar-refractivity contribution in [2.24, 2.45) is 0 Å². The molecule has 0 spiro atoms. The molecule has 12 rings (SSSR count). The van der Waals surface area contributed by atoms with Crippen molar-refractivity contribution in [3.63, 3.8) is 0 Å². The van der Waals surface area contributed by atoms with Crippen molar-refractivity contribution in [3.8, 4) is 61.3 Å². The summed E-state index contributed by atoms with van der Waals surface area (Å²) >= 11 is 0. The van der Waals surface area contributed by atoms with E-state index in [0.29, 0.717) is 0 Å². The van der Waals surface area contributed by atoms with Gasteiger partial charge in [0.1, 0.15) is 0 Å². The molecule has 0 aliphatic rings. The van der Waals surface area contributed by atoms with Crippen LogP contribution in [-0.2, 0) is 0 Å². The van der Waals surface area contributed by atoms with Gasteiger partial charge in [-0.1, -0.05) is 212 Å². The summed E-state index contributed by atoms with van der Waals surface area (Å²) in [6, 6.07) is 96.8. The number of anilines is 3. The first-order chi connectivity index (χ1) is 32.7. The molecule has 11 aromatic carbocycles. The van der Waals surface area contributed by atoms with E-state index in [1.165, 1.54) is 82.6 Å². The zero-order chi connectivity index (χ0) is 43.8. The highest BCUT2D eigenvalue weighted by molar-refractivity contribution is 6.18. The van der Waals surface area contributed by atoms with E-state index in [0.717, 1.165) is 28.3 Å². The summed E-state index contributed by atoms with van der Waals surface area (Å²) in [7, 11) is 0. The molecule has 0 bridgehead atoms. The van der Waals surface area contributed by atoms with E-state index in [4.69, 9.17) is 0 Å². The number of hydrogen-bond acceptors (Lipinski definition) is 1. The van der Waals surface area contributed by atoms with E-state index in [1.807, 2.05) is 0 Å². The zero-order valence-electron chi connectivity index (χ0n) is 36.3. The molecule has 0 unspecified atom stereocenters. The molecule has 0 amide bonds. The average Bonchev–Trinajstić information content (AvgIpc) is 3.75. The molecule has 12 aromatic rings. The lowest BCUT2D eigenvalue weighted by Crippen LogP contribution is -2.10. The number of nitrogens with zero attached hydrogens (tertiary/aromatic N) is 2. The number of aromatic nitrogens is 1. The predicted octanol–water partition coefficient (Wildman–Crippen LogP) is 17.7. The van der Waals surface area contributed by atoms with Crippen molar-refractivity contribution in [1.82, 2.24) is 4.57 Å². The minimum absolute atomic E-state index is 1.08. The van der Waals surface area contributed by atoms with Crippen LogP contribution in [0.4, 0.5) is 17.1 Å². The van der Waals surface area contributed by atoms with E-state index >= 15 is 0 Å². The van der Waals surface area contributed by atoms with Crippen molar-refractivity contribution < 1.29 is 0 Å². The highest BCUT2D eigenvalue weighted by atomic mass is 15.1. The molecule has 0 aliphatic heterocycles. The van der Waals surface area contributed by atoms with Crippen LogP contribution in [0.15, 0.2) is 267 Å². The van der Waals surface area contributed by atoms with Gasteiger partial charge in [-0.25, -0.2) is 0 Å².